The van der Waals surface area contributed by atoms with E-state index in [9.17, 15) is 29.3 Å². The van der Waals surface area contributed by atoms with Crippen LogP contribution in [-0.2, 0) is 19.1 Å². The minimum Gasteiger partial charge on any atom is -0.456 e. The van der Waals surface area contributed by atoms with Gasteiger partial charge in [-0.2, -0.15) is 0 Å². The number of ether oxygens (including phenoxy) is 1. The SMILES string of the molecule is Cc1ccc(C(=O)COC(=O)CN2C(=O)C3C4c5ccccc5C(c5ccccc54)C3C2=O)cc1[N+](=O)[O-]. The van der Waals surface area contributed by atoms with Crippen molar-refractivity contribution in [2.75, 3.05) is 13.2 Å². The van der Waals surface area contributed by atoms with Crippen LogP contribution in [-0.4, -0.2) is 46.5 Å². The summed E-state index contributed by atoms with van der Waals surface area (Å²) in [6.45, 7) is 0.291. The van der Waals surface area contributed by atoms with E-state index in [2.05, 4.69) is 0 Å². The van der Waals surface area contributed by atoms with Crippen LogP contribution in [0.25, 0.3) is 0 Å². The smallest absolute Gasteiger partial charge is 0.326 e. The topological polar surface area (TPSA) is 124 Å². The molecule has 2 atom stereocenters. The van der Waals surface area contributed by atoms with Crippen LogP contribution in [0.5, 0.6) is 0 Å². The molecule has 0 aromatic heterocycles. The zero-order chi connectivity index (χ0) is 26.7. The molecule has 1 aliphatic heterocycles. The lowest BCUT2D eigenvalue weighted by atomic mass is 9.55. The standard InChI is InChI=1S/C29H22N2O7/c1-15-10-11-16(12-21(15)31(36)37)22(32)14-38-23(33)13-30-28(34)26-24-17-6-2-3-7-18(17)25(27(26)29(30)35)20-9-5-4-8-19(20)24/h2-12,24-27H,13-14H2,1H3. The van der Waals surface area contributed by atoms with E-state index >= 15 is 0 Å². The summed E-state index contributed by atoms with van der Waals surface area (Å²) in [5, 5.41) is 11.2. The summed E-state index contributed by atoms with van der Waals surface area (Å²) in [5.41, 5.74) is 4.33. The van der Waals surface area contributed by atoms with Gasteiger partial charge in [0.15, 0.2) is 6.61 Å². The average molecular weight is 511 g/mol. The first-order valence-electron chi connectivity index (χ1n) is 12.2. The number of carbonyl (C=O) groups excluding carboxylic acids is 4. The molecule has 3 aromatic rings. The monoisotopic (exact) mass is 510 g/mol. The molecule has 9 heteroatoms. The van der Waals surface area contributed by atoms with E-state index in [-0.39, 0.29) is 23.1 Å². The van der Waals surface area contributed by atoms with E-state index in [1.165, 1.54) is 12.1 Å². The van der Waals surface area contributed by atoms with Crippen molar-refractivity contribution >= 4 is 29.3 Å². The van der Waals surface area contributed by atoms with Gasteiger partial charge in [0.05, 0.1) is 16.8 Å². The first-order chi connectivity index (χ1) is 18.3. The lowest BCUT2D eigenvalue weighted by molar-refractivity contribution is -0.385. The second-order valence-corrected chi connectivity index (χ2v) is 9.87. The molecule has 0 radical (unpaired) electrons. The Morgan fingerprint density at radius 1 is 0.868 bits per heavy atom. The lowest BCUT2D eigenvalue weighted by Gasteiger charge is -2.45. The van der Waals surface area contributed by atoms with Gasteiger partial charge in [-0.15, -0.1) is 0 Å². The molecule has 1 fully saturated rings. The quantitative estimate of drug-likeness (QED) is 0.163. The van der Waals surface area contributed by atoms with Crippen molar-refractivity contribution in [1.29, 1.82) is 0 Å². The Morgan fingerprint density at radius 3 is 1.84 bits per heavy atom. The number of benzene rings is 3. The van der Waals surface area contributed by atoms with E-state index in [0.29, 0.717) is 5.56 Å². The number of imide groups is 1. The van der Waals surface area contributed by atoms with Crippen LogP contribution in [0.4, 0.5) is 5.69 Å². The Morgan fingerprint density at radius 2 is 1.37 bits per heavy atom. The van der Waals surface area contributed by atoms with E-state index < -0.39 is 53.5 Å². The van der Waals surface area contributed by atoms with Gasteiger partial charge >= 0.3 is 5.97 Å². The molecule has 2 bridgehead atoms. The van der Waals surface area contributed by atoms with Gasteiger partial charge in [0.2, 0.25) is 17.6 Å². The van der Waals surface area contributed by atoms with Gasteiger partial charge in [0.25, 0.3) is 5.69 Å². The number of amides is 2. The summed E-state index contributed by atoms with van der Waals surface area (Å²) in [5.74, 6) is -4.16. The van der Waals surface area contributed by atoms with Gasteiger partial charge in [0.1, 0.15) is 6.54 Å². The normalized spacial score (nSPS) is 22.5. The van der Waals surface area contributed by atoms with Crippen LogP contribution in [0.2, 0.25) is 0 Å². The molecule has 2 amide bonds. The Hall–Kier alpha value is -4.66. The molecule has 2 unspecified atom stereocenters. The van der Waals surface area contributed by atoms with E-state index in [1.54, 1.807) is 6.92 Å². The van der Waals surface area contributed by atoms with Gasteiger partial charge in [-0.3, -0.25) is 34.2 Å². The number of Topliss-reactive ketones (excluding diaryl/α,β-unsaturated/α-hetero) is 1. The van der Waals surface area contributed by atoms with Gasteiger partial charge < -0.3 is 4.74 Å². The minimum absolute atomic E-state index is 0.0292. The van der Waals surface area contributed by atoms with Crippen molar-refractivity contribution < 1.29 is 28.8 Å². The molecular weight excluding hydrogens is 488 g/mol. The van der Waals surface area contributed by atoms with E-state index in [1.807, 2.05) is 48.5 Å². The maximum atomic E-state index is 13.6. The third-order valence-corrected chi connectivity index (χ3v) is 7.92. The third-order valence-electron chi connectivity index (χ3n) is 7.92. The first kappa shape index (κ1) is 23.7. The fourth-order valence-corrected chi connectivity index (χ4v) is 6.28. The fraction of sp³-hybridized carbons (Fsp3) is 0.241. The highest BCUT2D eigenvalue weighted by atomic mass is 16.6. The van der Waals surface area contributed by atoms with Crippen molar-refractivity contribution in [2.24, 2.45) is 11.8 Å². The highest BCUT2D eigenvalue weighted by Gasteiger charge is 2.61. The summed E-state index contributed by atoms with van der Waals surface area (Å²) in [6.07, 6.45) is 0. The number of aryl methyl sites for hydroxylation is 1. The predicted octanol–water partition coefficient (Wildman–Crippen LogP) is 3.52. The molecule has 3 aliphatic carbocycles. The van der Waals surface area contributed by atoms with Crippen LogP contribution >= 0.6 is 0 Å². The van der Waals surface area contributed by atoms with Gasteiger partial charge in [0, 0.05) is 29.0 Å². The number of esters is 1. The summed E-state index contributed by atoms with van der Waals surface area (Å²) >= 11 is 0. The van der Waals surface area contributed by atoms with Crippen molar-refractivity contribution in [2.45, 2.75) is 18.8 Å². The summed E-state index contributed by atoms with van der Waals surface area (Å²) < 4.78 is 5.09. The van der Waals surface area contributed by atoms with Gasteiger partial charge in [-0.1, -0.05) is 60.7 Å². The molecule has 3 aromatic carbocycles. The van der Waals surface area contributed by atoms with E-state index in [4.69, 9.17) is 4.74 Å². The molecule has 190 valence electrons. The van der Waals surface area contributed by atoms with Gasteiger partial charge in [-0.25, -0.2) is 0 Å². The fourth-order valence-electron chi connectivity index (χ4n) is 6.28. The molecule has 7 rings (SSSR count). The Kier molecular flexibility index (Phi) is 5.45. The number of hydrogen-bond donors (Lipinski definition) is 0. The number of rotatable bonds is 6. The molecule has 1 heterocycles. The number of carbonyl (C=O) groups is 4. The van der Waals surface area contributed by atoms with Crippen molar-refractivity contribution in [3.8, 4) is 0 Å². The largest absolute Gasteiger partial charge is 0.456 e. The molecule has 0 N–H and O–H groups in total. The lowest BCUT2D eigenvalue weighted by Crippen LogP contribution is -2.41. The van der Waals surface area contributed by atoms with Gasteiger partial charge in [-0.05, 0) is 29.2 Å². The third kappa shape index (κ3) is 3.46. The van der Waals surface area contributed by atoms with Crippen LogP contribution in [0, 0.1) is 28.9 Å². The number of likely N-dealkylation sites (tertiary alicyclic amines) is 1. The maximum Gasteiger partial charge on any atom is 0.326 e. The zero-order valence-electron chi connectivity index (χ0n) is 20.3. The molecule has 38 heavy (non-hydrogen) atoms. The van der Waals surface area contributed by atoms with Crippen molar-refractivity contribution in [3.63, 3.8) is 0 Å². The number of hydrogen-bond acceptors (Lipinski definition) is 7. The Labute approximate surface area is 217 Å². The second-order valence-electron chi connectivity index (χ2n) is 9.87. The Balaban J connectivity index is 1.20. The molecule has 4 aliphatic rings. The summed E-state index contributed by atoms with van der Waals surface area (Å²) in [7, 11) is 0. The minimum atomic E-state index is -0.900. The number of nitro benzene ring substituents is 1. The van der Waals surface area contributed by atoms with E-state index in [0.717, 1.165) is 33.2 Å². The summed E-state index contributed by atoms with van der Waals surface area (Å²) in [6, 6.07) is 19.7. The molecule has 0 saturated carbocycles. The number of nitro groups is 1. The molecule has 0 spiro atoms. The number of nitrogens with zero attached hydrogens (tertiary/aromatic N) is 2. The average Bonchev–Trinajstić information content (AvgIpc) is 3.17. The molecular formula is C29H22N2O7. The van der Waals surface area contributed by atoms with Crippen LogP contribution < -0.4 is 0 Å². The van der Waals surface area contributed by atoms with Crippen LogP contribution in [0.1, 0.15) is 50.0 Å². The first-order valence-corrected chi connectivity index (χ1v) is 12.2. The van der Waals surface area contributed by atoms with Crippen LogP contribution in [0.3, 0.4) is 0 Å². The zero-order valence-corrected chi connectivity index (χ0v) is 20.3. The molecule has 9 nitrogen and oxygen atoms in total. The predicted molar refractivity (Wildman–Crippen MR) is 133 cm³/mol. The highest BCUT2D eigenvalue weighted by Crippen LogP contribution is 2.60. The van der Waals surface area contributed by atoms with Crippen LogP contribution in [0.15, 0.2) is 66.7 Å². The second kappa shape index (κ2) is 8.72. The summed E-state index contributed by atoms with van der Waals surface area (Å²) in [4.78, 5) is 63.8. The molecule has 1 saturated heterocycles. The Bertz CT molecular complexity index is 1450. The maximum absolute atomic E-state index is 13.6. The van der Waals surface area contributed by atoms with Crippen molar-refractivity contribution in [1.82, 2.24) is 4.90 Å². The number of ketones is 1. The van der Waals surface area contributed by atoms with Crippen molar-refractivity contribution in [3.05, 3.63) is 110 Å². The highest BCUT2D eigenvalue weighted by molar-refractivity contribution is 6.09.